The van der Waals surface area contributed by atoms with Crippen molar-refractivity contribution in [3.8, 4) is 5.75 Å². The molecule has 1 aromatic rings. The molecule has 1 unspecified atom stereocenters. The van der Waals surface area contributed by atoms with Gasteiger partial charge in [0, 0.05) is 6.04 Å². The summed E-state index contributed by atoms with van der Waals surface area (Å²) in [5.41, 5.74) is 9.45. The molecule has 2 heteroatoms. The van der Waals surface area contributed by atoms with E-state index in [4.69, 9.17) is 10.5 Å². The van der Waals surface area contributed by atoms with Gasteiger partial charge in [0.05, 0.1) is 7.11 Å². The molecule has 2 N–H and O–H groups in total. The highest BCUT2D eigenvalue weighted by Crippen LogP contribution is 2.25. The van der Waals surface area contributed by atoms with Crippen molar-refractivity contribution in [3.63, 3.8) is 0 Å². The van der Waals surface area contributed by atoms with Crippen LogP contribution in [0.25, 0.3) is 0 Å². The molecule has 0 fully saturated rings. The Bertz CT molecular complexity index is 318. The fourth-order valence-electron chi connectivity index (χ4n) is 1.83. The highest BCUT2D eigenvalue weighted by molar-refractivity contribution is 5.44. The lowest BCUT2D eigenvalue weighted by Gasteiger charge is -2.14. The van der Waals surface area contributed by atoms with Gasteiger partial charge in [-0.05, 0) is 38.3 Å². The Morgan fingerprint density at radius 1 is 1.36 bits per heavy atom. The van der Waals surface area contributed by atoms with Gasteiger partial charge in [-0.2, -0.15) is 0 Å². The summed E-state index contributed by atoms with van der Waals surface area (Å²) < 4.78 is 5.38. The summed E-state index contributed by atoms with van der Waals surface area (Å²) in [6.07, 6.45) is 0.867. The van der Waals surface area contributed by atoms with Crippen molar-refractivity contribution >= 4 is 0 Å². The Morgan fingerprint density at radius 3 is 2.50 bits per heavy atom. The van der Waals surface area contributed by atoms with Crippen LogP contribution in [0.2, 0.25) is 0 Å². The number of hydrogen-bond acceptors (Lipinski definition) is 2. The Kier molecular flexibility index (Phi) is 3.53. The van der Waals surface area contributed by atoms with Gasteiger partial charge in [-0.15, -0.1) is 0 Å². The van der Waals surface area contributed by atoms with Crippen LogP contribution < -0.4 is 10.5 Å². The number of ether oxygens (including phenoxy) is 1. The molecule has 0 amide bonds. The zero-order valence-electron chi connectivity index (χ0n) is 9.42. The summed E-state index contributed by atoms with van der Waals surface area (Å²) in [6.45, 7) is 6.17. The van der Waals surface area contributed by atoms with E-state index in [2.05, 4.69) is 26.0 Å². The summed E-state index contributed by atoms with van der Waals surface area (Å²) in [6, 6.07) is 4.45. The van der Waals surface area contributed by atoms with Crippen LogP contribution in [0.4, 0.5) is 0 Å². The van der Waals surface area contributed by atoms with Crippen LogP contribution >= 0.6 is 0 Å². The molecule has 78 valence electrons. The van der Waals surface area contributed by atoms with Crippen LogP contribution in [-0.4, -0.2) is 13.2 Å². The Labute approximate surface area is 86.1 Å². The number of nitrogens with two attached hydrogens (primary N) is 1. The third-order valence-corrected chi connectivity index (χ3v) is 2.24. The molecular weight excluding hydrogens is 174 g/mol. The maximum atomic E-state index is 5.79. The van der Waals surface area contributed by atoms with Gasteiger partial charge in [0.1, 0.15) is 5.75 Å². The summed E-state index contributed by atoms with van der Waals surface area (Å²) in [5.74, 6) is 0.980. The summed E-state index contributed by atoms with van der Waals surface area (Å²) in [5, 5.41) is 0. The molecule has 1 rings (SSSR count). The van der Waals surface area contributed by atoms with Gasteiger partial charge in [0.25, 0.3) is 0 Å². The number of hydrogen-bond donors (Lipinski definition) is 1. The van der Waals surface area contributed by atoms with Gasteiger partial charge in [0.15, 0.2) is 0 Å². The van der Waals surface area contributed by atoms with Crippen molar-refractivity contribution in [2.24, 2.45) is 5.73 Å². The third-order valence-electron chi connectivity index (χ3n) is 2.24. The fraction of sp³-hybridized carbons (Fsp3) is 0.500. The molecule has 0 aliphatic carbocycles. The predicted octanol–water partition coefficient (Wildman–Crippen LogP) is 2.20. The average Bonchev–Trinajstić information content (AvgIpc) is 2.01. The van der Waals surface area contributed by atoms with Gasteiger partial charge in [-0.1, -0.05) is 17.7 Å². The van der Waals surface area contributed by atoms with Crippen molar-refractivity contribution in [1.29, 1.82) is 0 Å². The van der Waals surface area contributed by atoms with Crippen LogP contribution in [0.5, 0.6) is 5.75 Å². The molecule has 0 aliphatic heterocycles. The van der Waals surface area contributed by atoms with Crippen molar-refractivity contribution in [2.75, 3.05) is 7.11 Å². The van der Waals surface area contributed by atoms with E-state index >= 15 is 0 Å². The first kappa shape index (κ1) is 11.1. The molecule has 0 heterocycles. The first-order valence-corrected chi connectivity index (χ1v) is 4.94. The molecule has 0 radical (unpaired) electrons. The molecule has 0 aliphatic rings. The smallest absolute Gasteiger partial charge is 0.125 e. The van der Waals surface area contributed by atoms with E-state index in [0.29, 0.717) is 0 Å². The predicted molar refractivity (Wildman–Crippen MR) is 59.8 cm³/mol. The molecular formula is C12H19NO. The lowest BCUT2D eigenvalue weighted by molar-refractivity contribution is 0.405. The fourth-order valence-corrected chi connectivity index (χ4v) is 1.83. The van der Waals surface area contributed by atoms with Crippen molar-refractivity contribution in [1.82, 2.24) is 0 Å². The molecule has 2 nitrogen and oxygen atoms in total. The van der Waals surface area contributed by atoms with E-state index in [1.54, 1.807) is 7.11 Å². The zero-order chi connectivity index (χ0) is 10.7. The molecule has 14 heavy (non-hydrogen) atoms. The highest BCUT2D eigenvalue weighted by Gasteiger charge is 2.08. The van der Waals surface area contributed by atoms with Gasteiger partial charge < -0.3 is 10.5 Å². The highest BCUT2D eigenvalue weighted by atomic mass is 16.5. The standard InChI is InChI=1S/C12H19NO/c1-8-5-9(2)12(14-4)11(6-8)7-10(3)13/h5-6,10H,7,13H2,1-4H3. The van der Waals surface area contributed by atoms with Crippen LogP contribution in [0.15, 0.2) is 12.1 Å². The normalized spacial score (nSPS) is 12.6. The van der Waals surface area contributed by atoms with Gasteiger partial charge in [0.2, 0.25) is 0 Å². The van der Waals surface area contributed by atoms with Crippen LogP contribution in [0.1, 0.15) is 23.6 Å². The van der Waals surface area contributed by atoms with E-state index in [1.165, 1.54) is 16.7 Å². The molecule has 0 spiro atoms. The molecule has 0 saturated carbocycles. The van der Waals surface area contributed by atoms with E-state index < -0.39 is 0 Å². The second-order valence-corrected chi connectivity index (χ2v) is 3.96. The molecule has 0 bridgehead atoms. The summed E-state index contributed by atoms with van der Waals surface area (Å²) in [4.78, 5) is 0. The Balaban J connectivity index is 3.11. The largest absolute Gasteiger partial charge is 0.496 e. The first-order chi connectivity index (χ1) is 6.54. The second kappa shape index (κ2) is 4.47. The summed E-state index contributed by atoms with van der Waals surface area (Å²) >= 11 is 0. The lowest BCUT2D eigenvalue weighted by atomic mass is 10.0. The number of rotatable bonds is 3. The van der Waals surface area contributed by atoms with E-state index in [9.17, 15) is 0 Å². The maximum absolute atomic E-state index is 5.79. The SMILES string of the molecule is COc1c(C)cc(C)cc1CC(C)N. The topological polar surface area (TPSA) is 35.2 Å². The van der Waals surface area contributed by atoms with E-state index in [1.807, 2.05) is 6.92 Å². The quantitative estimate of drug-likeness (QED) is 0.798. The number of aryl methyl sites for hydroxylation is 2. The van der Waals surface area contributed by atoms with Crippen LogP contribution in [0, 0.1) is 13.8 Å². The number of methoxy groups -OCH3 is 1. The second-order valence-electron chi connectivity index (χ2n) is 3.96. The van der Waals surface area contributed by atoms with Gasteiger partial charge >= 0.3 is 0 Å². The minimum absolute atomic E-state index is 0.171. The Hall–Kier alpha value is -1.02. The van der Waals surface area contributed by atoms with E-state index in [-0.39, 0.29) is 6.04 Å². The van der Waals surface area contributed by atoms with Crippen LogP contribution in [0.3, 0.4) is 0 Å². The Morgan fingerprint density at radius 2 is 2.00 bits per heavy atom. The first-order valence-electron chi connectivity index (χ1n) is 4.94. The summed E-state index contributed by atoms with van der Waals surface area (Å²) in [7, 11) is 1.71. The van der Waals surface area contributed by atoms with Gasteiger partial charge in [-0.3, -0.25) is 0 Å². The molecule has 0 aromatic heterocycles. The van der Waals surface area contributed by atoms with Crippen molar-refractivity contribution < 1.29 is 4.74 Å². The number of benzene rings is 1. The lowest BCUT2D eigenvalue weighted by Crippen LogP contribution is -2.18. The minimum atomic E-state index is 0.171. The van der Waals surface area contributed by atoms with Crippen molar-refractivity contribution in [3.05, 3.63) is 28.8 Å². The third kappa shape index (κ3) is 2.48. The van der Waals surface area contributed by atoms with Gasteiger partial charge in [-0.25, -0.2) is 0 Å². The zero-order valence-corrected chi connectivity index (χ0v) is 9.42. The van der Waals surface area contributed by atoms with Crippen LogP contribution in [-0.2, 0) is 6.42 Å². The van der Waals surface area contributed by atoms with Crippen molar-refractivity contribution in [2.45, 2.75) is 33.2 Å². The molecule has 1 aromatic carbocycles. The van der Waals surface area contributed by atoms with E-state index in [0.717, 1.165) is 12.2 Å². The minimum Gasteiger partial charge on any atom is -0.496 e. The maximum Gasteiger partial charge on any atom is 0.125 e. The average molecular weight is 193 g/mol. The molecule has 1 atom stereocenters. The molecule has 0 saturated heterocycles. The monoisotopic (exact) mass is 193 g/mol.